The maximum atomic E-state index is 12.6. The molecular formula is C25H24N2O3. The molecule has 30 heavy (non-hydrogen) atoms. The first-order valence-electron chi connectivity index (χ1n) is 10.7. The van der Waals surface area contributed by atoms with Crippen LogP contribution in [0.1, 0.15) is 35.6 Å². The van der Waals surface area contributed by atoms with E-state index in [0.717, 1.165) is 22.4 Å². The van der Waals surface area contributed by atoms with E-state index in [1.54, 1.807) is 0 Å². The Morgan fingerprint density at radius 1 is 1.17 bits per heavy atom. The van der Waals surface area contributed by atoms with E-state index in [-0.39, 0.29) is 12.5 Å². The van der Waals surface area contributed by atoms with Crippen molar-refractivity contribution in [3.05, 3.63) is 72.5 Å². The Bertz CT molecular complexity index is 1140. The molecule has 5 heteroatoms. The zero-order valence-corrected chi connectivity index (χ0v) is 16.7. The highest BCUT2D eigenvalue weighted by molar-refractivity contribution is 5.92. The monoisotopic (exact) mass is 400 g/mol. The van der Waals surface area contributed by atoms with Gasteiger partial charge in [0.1, 0.15) is 12.0 Å². The van der Waals surface area contributed by atoms with Gasteiger partial charge in [0, 0.05) is 11.9 Å². The Morgan fingerprint density at radius 3 is 2.90 bits per heavy atom. The summed E-state index contributed by atoms with van der Waals surface area (Å²) in [6.45, 7) is 0.891. The third kappa shape index (κ3) is 2.83. The van der Waals surface area contributed by atoms with E-state index >= 15 is 0 Å². The van der Waals surface area contributed by atoms with Crippen molar-refractivity contribution in [3.63, 3.8) is 0 Å². The Labute approximate surface area is 175 Å². The first-order chi connectivity index (χ1) is 14.7. The number of benzene rings is 2. The van der Waals surface area contributed by atoms with Gasteiger partial charge < -0.3 is 14.5 Å². The van der Waals surface area contributed by atoms with Gasteiger partial charge in [0.2, 0.25) is 5.89 Å². The molecule has 2 saturated carbocycles. The molecule has 3 aliphatic rings. The molecule has 1 N–H and O–H groups in total. The van der Waals surface area contributed by atoms with Crippen molar-refractivity contribution in [2.45, 2.75) is 25.9 Å². The summed E-state index contributed by atoms with van der Waals surface area (Å²) in [6.07, 6.45) is 10.1. The van der Waals surface area contributed by atoms with E-state index in [1.807, 2.05) is 42.5 Å². The van der Waals surface area contributed by atoms with Gasteiger partial charge in [-0.2, -0.15) is 0 Å². The number of nitrogens with one attached hydrogen (secondary N) is 1. The highest BCUT2D eigenvalue weighted by atomic mass is 16.5. The van der Waals surface area contributed by atoms with Gasteiger partial charge in [-0.1, -0.05) is 48.6 Å². The van der Waals surface area contributed by atoms with Crippen LogP contribution in [0, 0.1) is 23.2 Å². The predicted molar refractivity (Wildman–Crippen MR) is 113 cm³/mol. The molecule has 2 unspecified atom stereocenters. The van der Waals surface area contributed by atoms with Crippen LogP contribution < -0.4 is 10.1 Å². The number of hydrogen-bond donors (Lipinski definition) is 1. The standard InChI is InChI=1S/C25H24N2O3/c28-24(26-13-17-12-18-8-9-20(17)25(18)10-11-25)21-14-30-23(27-21)15-29-22-7-3-5-16-4-1-2-6-19(16)22/h1-9,14,17-18,20H,10-13,15H2,(H,26,28)/t17-,18?,20?/m1/s1. The van der Waals surface area contributed by atoms with Gasteiger partial charge in [-0.3, -0.25) is 4.79 Å². The van der Waals surface area contributed by atoms with E-state index in [2.05, 4.69) is 22.5 Å². The van der Waals surface area contributed by atoms with E-state index < -0.39 is 0 Å². The predicted octanol–water partition coefficient (Wildman–Crippen LogP) is 4.74. The normalized spacial score (nSPS) is 25.1. The summed E-state index contributed by atoms with van der Waals surface area (Å²) in [5.41, 5.74) is 0.862. The van der Waals surface area contributed by atoms with Crippen LogP contribution in [0.4, 0.5) is 0 Å². The molecule has 1 heterocycles. The molecule has 1 amide bonds. The topological polar surface area (TPSA) is 64.4 Å². The van der Waals surface area contributed by atoms with Crippen LogP contribution >= 0.6 is 0 Å². The smallest absolute Gasteiger partial charge is 0.273 e. The molecule has 0 saturated heterocycles. The fraction of sp³-hybridized carbons (Fsp3) is 0.360. The summed E-state index contributed by atoms with van der Waals surface area (Å²) in [6, 6.07) is 14.0. The summed E-state index contributed by atoms with van der Waals surface area (Å²) in [7, 11) is 0. The van der Waals surface area contributed by atoms with Gasteiger partial charge in [-0.05, 0) is 53.9 Å². The largest absolute Gasteiger partial charge is 0.483 e. The van der Waals surface area contributed by atoms with Gasteiger partial charge in [0.15, 0.2) is 12.3 Å². The summed E-state index contributed by atoms with van der Waals surface area (Å²) in [5.74, 6) is 2.92. The Kier molecular flexibility index (Phi) is 3.98. The summed E-state index contributed by atoms with van der Waals surface area (Å²) >= 11 is 0. The minimum Gasteiger partial charge on any atom is -0.483 e. The molecule has 3 aromatic rings. The molecule has 0 radical (unpaired) electrons. The second-order valence-electron chi connectivity index (χ2n) is 8.85. The molecule has 2 bridgehead atoms. The second kappa shape index (κ2) is 6.73. The van der Waals surface area contributed by atoms with E-state index in [0.29, 0.717) is 35.4 Å². The number of carbonyl (C=O) groups is 1. The number of amides is 1. The molecule has 3 atom stereocenters. The van der Waals surface area contributed by atoms with Gasteiger partial charge in [-0.25, -0.2) is 4.98 Å². The molecule has 0 aliphatic heterocycles. The van der Waals surface area contributed by atoms with Crippen molar-refractivity contribution < 1.29 is 13.9 Å². The van der Waals surface area contributed by atoms with Crippen LogP contribution in [0.3, 0.4) is 0 Å². The molecule has 1 aromatic heterocycles. The number of aromatic nitrogens is 1. The van der Waals surface area contributed by atoms with Crippen LogP contribution in [-0.2, 0) is 6.61 Å². The third-order valence-electron chi connectivity index (χ3n) is 7.25. The van der Waals surface area contributed by atoms with E-state index in [4.69, 9.17) is 9.15 Å². The molecule has 152 valence electrons. The lowest BCUT2D eigenvalue weighted by Gasteiger charge is -2.19. The highest BCUT2D eigenvalue weighted by Crippen LogP contribution is 2.69. The number of fused-ring (bicyclic) bond motifs is 1. The fourth-order valence-corrected chi connectivity index (χ4v) is 5.61. The number of rotatable bonds is 6. The SMILES string of the molecule is O=C(NC[C@H]1CC2C=CC1C21CC1)c1coc(COc2cccc3ccccc23)n1. The van der Waals surface area contributed by atoms with Crippen molar-refractivity contribution in [1.82, 2.24) is 10.3 Å². The molecule has 2 fully saturated rings. The lowest BCUT2D eigenvalue weighted by atomic mass is 9.89. The number of allylic oxidation sites excluding steroid dienone is 2. The van der Waals surface area contributed by atoms with Gasteiger partial charge >= 0.3 is 0 Å². The number of hydrogen-bond acceptors (Lipinski definition) is 4. The average Bonchev–Trinajstić information content (AvgIpc) is 3.19. The minimum absolute atomic E-state index is 0.174. The zero-order chi connectivity index (χ0) is 20.1. The van der Waals surface area contributed by atoms with Crippen LogP contribution in [-0.4, -0.2) is 17.4 Å². The first kappa shape index (κ1) is 17.8. The van der Waals surface area contributed by atoms with Crippen molar-refractivity contribution in [1.29, 1.82) is 0 Å². The number of ether oxygens (including phenoxy) is 1. The quantitative estimate of drug-likeness (QED) is 0.607. The Balaban J connectivity index is 1.07. The van der Waals surface area contributed by atoms with E-state index in [1.165, 1.54) is 25.5 Å². The molecule has 2 aromatic carbocycles. The molecule has 1 spiro atoms. The lowest BCUT2D eigenvalue weighted by Crippen LogP contribution is -2.31. The summed E-state index contributed by atoms with van der Waals surface area (Å²) in [4.78, 5) is 16.9. The van der Waals surface area contributed by atoms with Gasteiger partial charge in [0.25, 0.3) is 5.91 Å². The van der Waals surface area contributed by atoms with Crippen molar-refractivity contribution in [3.8, 4) is 5.75 Å². The zero-order valence-electron chi connectivity index (χ0n) is 16.7. The highest BCUT2D eigenvalue weighted by Gasteiger charge is 2.62. The van der Waals surface area contributed by atoms with Crippen LogP contribution in [0.2, 0.25) is 0 Å². The molecular weight excluding hydrogens is 376 g/mol. The van der Waals surface area contributed by atoms with E-state index in [9.17, 15) is 4.79 Å². The van der Waals surface area contributed by atoms with Crippen LogP contribution in [0.5, 0.6) is 5.75 Å². The Hall–Kier alpha value is -3.08. The molecule has 6 rings (SSSR count). The lowest BCUT2D eigenvalue weighted by molar-refractivity contribution is 0.0939. The second-order valence-corrected chi connectivity index (χ2v) is 8.85. The van der Waals surface area contributed by atoms with Crippen LogP contribution in [0.25, 0.3) is 10.8 Å². The molecule has 5 nitrogen and oxygen atoms in total. The number of nitrogens with zero attached hydrogens (tertiary/aromatic N) is 1. The average molecular weight is 400 g/mol. The van der Waals surface area contributed by atoms with Gasteiger partial charge in [0.05, 0.1) is 0 Å². The Morgan fingerprint density at radius 2 is 2.03 bits per heavy atom. The number of oxazole rings is 1. The van der Waals surface area contributed by atoms with Gasteiger partial charge in [-0.15, -0.1) is 0 Å². The van der Waals surface area contributed by atoms with Crippen molar-refractivity contribution in [2.75, 3.05) is 6.54 Å². The maximum Gasteiger partial charge on any atom is 0.273 e. The van der Waals surface area contributed by atoms with Crippen molar-refractivity contribution in [2.24, 2.45) is 23.2 Å². The summed E-state index contributed by atoms with van der Waals surface area (Å²) < 4.78 is 11.4. The first-order valence-corrected chi connectivity index (χ1v) is 10.7. The maximum absolute atomic E-state index is 12.6. The summed E-state index contributed by atoms with van der Waals surface area (Å²) in [5, 5.41) is 5.22. The van der Waals surface area contributed by atoms with Crippen molar-refractivity contribution >= 4 is 16.7 Å². The fourth-order valence-electron chi connectivity index (χ4n) is 5.61. The third-order valence-corrected chi connectivity index (χ3v) is 7.25. The molecule has 3 aliphatic carbocycles. The van der Waals surface area contributed by atoms with Crippen LogP contribution in [0.15, 0.2) is 65.3 Å². The number of carbonyl (C=O) groups excluding carboxylic acids is 1. The minimum atomic E-state index is -0.174.